The topological polar surface area (TPSA) is 41.0 Å². The lowest BCUT2D eigenvalue weighted by Crippen LogP contribution is -1.96. The molecular formula is C18H16N2O. The number of fused-ring (bicyclic) bond motifs is 2. The molecular weight excluding hydrogens is 260 g/mol. The molecule has 0 atom stereocenters. The third-order valence-corrected chi connectivity index (χ3v) is 4.02. The Kier molecular flexibility index (Phi) is 2.54. The third-order valence-electron chi connectivity index (χ3n) is 4.02. The van der Waals surface area contributed by atoms with Crippen molar-refractivity contribution in [3.05, 3.63) is 66.0 Å². The molecule has 0 aliphatic heterocycles. The predicted octanol–water partition coefficient (Wildman–Crippen LogP) is 4.18. The number of H-pyrrole nitrogens is 1. The number of aromatic amines is 1. The van der Waals surface area contributed by atoms with Crippen molar-refractivity contribution in [1.29, 1.82) is 0 Å². The third kappa shape index (κ3) is 1.98. The zero-order chi connectivity index (χ0) is 14.4. The van der Waals surface area contributed by atoms with Crippen molar-refractivity contribution in [2.24, 2.45) is 0 Å². The maximum atomic E-state index is 9.55. The number of hydrogen-bond donors (Lipinski definition) is 2. The lowest BCUT2D eigenvalue weighted by Gasteiger charge is -2.05. The van der Waals surface area contributed by atoms with Crippen LogP contribution in [0, 0.1) is 6.92 Å². The van der Waals surface area contributed by atoms with Gasteiger partial charge in [0.05, 0.1) is 0 Å². The second kappa shape index (κ2) is 4.42. The zero-order valence-corrected chi connectivity index (χ0v) is 11.8. The number of phenolic OH excluding ortho intramolecular Hbond substituents is 1. The number of aryl methyl sites for hydroxylation is 1. The van der Waals surface area contributed by atoms with Gasteiger partial charge in [0.25, 0.3) is 0 Å². The molecule has 2 N–H and O–H groups in total. The van der Waals surface area contributed by atoms with E-state index >= 15 is 0 Å². The molecule has 4 rings (SSSR count). The van der Waals surface area contributed by atoms with Gasteiger partial charge in [0, 0.05) is 40.7 Å². The molecule has 3 heteroatoms. The first-order chi connectivity index (χ1) is 10.2. The molecule has 2 aromatic carbocycles. The average Bonchev–Trinajstić information content (AvgIpc) is 3.04. The maximum Gasteiger partial charge on any atom is 0.116 e. The summed E-state index contributed by atoms with van der Waals surface area (Å²) < 4.78 is 2.21. The summed E-state index contributed by atoms with van der Waals surface area (Å²) in [5, 5.41) is 11.9. The summed E-state index contributed by atoms with van der Waals surface area (Å²) in [5.41, 5.74) is 4.85. The molecule has 4 aromatic rings. The lowest BCUT2D eigenvalue weighted by atomic mass is 10.1. The van der Waals surface area contributed by atoms with Crippen molar-refractivity contribution in [1.82, 2.24) is 9.55 Å². The smallest absolute Gasteiger partial charge is 0.116 e. The van der Waals surface area contributed by atoms with Gasteiger partial charge in [0.2, 0.25) is 0 Å². The molecule has 21 heavy (non-hydrogen) atoms. The van der Waals surface area contributed by atoms with Crippen molar-refractivity contribution in [2.75, 3.05) is 0 Å². The maximum absolute atomic E-state index is 9.55. The van der Waals surface area contributed by atoms with Gasteiger partial charge in [0.1, 0.15) is 5.75 Å². The zero-order valence-electron chi connectivity index (χ0n) is 11.8. The Morgan fingerprint density at radius 3 is 2.90 bits per heavy atom. The second-order valence-corrected chi connectivity index (χ2v) is 5.55. The lowest BCUT2D eigenvalue weighted by molar-refractivity contribution is 0.476. The number of nitrogens with one attached hydrogen (secondary N) is 1. The Balaban J connectivity index is 1.81. The molecule has 0 aliphatic carbocycles. The van der Waals surface area contributed by atoms with Crippen LogP contribution in [-0.4, -0.2) is 14.7 Å². The number of aromatic nitrogens is 2. The van der Waals surface area contributed by atoms with Crippen LogP contribution in [0.3, 0.4) is 0 Å². The Morgan fingerprint density at radius 2 is 2.00 bits per heavy atom. The molecule has 0 radical (unpaired) electrons. The van der Waals surface area contributed by atoms with Crippen molar-refractivity contribution >= 4 is 21.8 Å². The van der Waals surface area contributed by atoms with Crippen LogP contribution in [-0.2, 0) is 6.54 Å². The fourth-order valence-corrected chi connectivity index (χ4v) is 2.93. The first-order valence-corrected chi connectivity index (χ1v) is 7.05. The molecule has 0 saturated carbocycles. The van der Waals surface area contributed by atoms with Crippen molar-refractivity contribution in [3.63, 3.8) is 0 Å². The Morgan fingerprint density at radius 1 is 1.10 bits per heavy atom. The van der Waals surface area contributed by atoms with Gasteiger partial charge in [0.15, 0.2) is 0 Å². The van der Waals surface area contributed by atoms with Gasteiger partial charge < -0.3 is 14.7 Å². The minimum absolute atomic E-state index is 0.308. The van der Waals surface area contributed by atoms with E-state index in [-0.39, 0.29) is 0 Å². The highest BCUT2D eigenvalue weighted by molar-refractivity contribution is 5.85. The van der Waals surface area contributed by atoms with E-state index in [1.807, 2.05) is 12.1 Å². The summed E-state index contributed by atoms with van der Waals surface area (Å²) >= 11 is 0. The van der Waals surface area contributed by atoms with Gasteiger partial charge in [-0.05, 0) is 48.9 Å². The van der Waals surface area contributed by atoms with Crippen LogP contribution in [0.5, 0.6) is 5.75 Å². The van der Waals surface area contributed by atoms with Gasteiger partial charge in [-0.25, -0.2) is 0 Å². The van der Waals surface area contributed by atoms with Crippen LogP contribution in [0.1, 0.15) is 11.1 Å². The Labute approximate surface area is 122 Å². The molecule has 0 unspecified atom stereocenters. The van der Waals surface area contributed by atoms with Gasteiger partial charge >= 0.3 is 0 Å². The van der Waals surface area contributed by atoms with Crippen LogP contribution in [0.25, 0.3) is 21.8 Å². The highest BCUT2D eigenvalue weighted by Crippen LogP contribution is 2.25. The summed E-state index contributed by atoms with van der Waals surface area (Å²) in [6.07, 6.45) is 4.15. The number of nitrogens with zero attached hydrogens (tertiary/aromatic N) is 1. The molecule has 104 valence electrons. The Hall–Kier alpha value is -2.68. The van der Waals surface area contributed by atoms with Crippen LogP contribution >= 0.6 is 0 Å². The minimum atomic E-state index is 0.308. The largest absolute Gasteiger partial charge is 0.508 e. The summed E-state index contributed by atoms with van der Waals surface area (Å²) in [7, 11) is 0. The molecule has 0 fully saturated rings. The summed E-state index contributed by atoms with van der Waals surface area (Å²) in [6, 6.07) is 14.0. The van der Waals surface area contributed by atoms with Crippen LogP contribution in [0.15, 0.2) is 54.9 Å². The first kappa shape index (κ1) is 12.1. The molecule has 0 spiro atoms. The quantitative estimate of drug-likeness (QED) is 0.566. The molecule has 3 nitrogen and oxygen atoms in total. The highest BCUT2D eigenvalue weighted by atomic mass is 16.3. The molecule has 0 saturated heterocycles. The summed E-state index contributed by atoms with van der Waals surface area (Å²) in [4.78, 5) is 3.33. The number of aromatic hydroxyl groups is 1. The number of phenols is 1. The molecule has 0 amide bonds. The fourth-order valence-electron chi connectivity index (χ4n) is 2.93. The van der Waals surface area contributed by atoms with Gasteiger partial charge in [-0.3, -0.25) is 0 Å². The van der Waals surface area contributed by atoms with Gasteiger partial charge in [-0.2, -0.15) is 0 Å². The molecule has 0 bridgehead atoms. The van der Waals surface area contributed by atoms with E-state index in [2.05, 4.69) is 47.1 Å². The summed E-state index contributed by atoms with van der Waals surface area (Å²) in [6.45, 7) is 2.93. The SMILES string of the molecule is Cc1ccc2[nH]cc(Cn3ccc4cc(O)ccc43)c2c1. The van der Waals surface area contributed by atoms with Crippen LogP contribution in [0.2, 0.25) is 0 Å². The second-order valence-electron chi connectivity index (χ2n) is 5.55. The monoisotopic (exact) mass is 276 g/mol. The van der Waals surface area contributed by atoms with E-state index in [0.717, 1.165) is 17.4 Å². The number of benzene rings is 2. The van der Waals surface area contributed by atoms with E-state index in [1.54, 1.807) is 12.1 Å². The van der Waals surface area contributed by atoms with E-state index < -0.39 is 0 Å². The predicted molar refractivity (Wildman–Crippen MR) is 85.7 cm³/mol. The molecule has 0 aliphatic rings. The van der Waals surface area contributed by atoms with Gasteiger partial charge in [-0.1, -0.05) is 11.6 Å². The molecule has 2 aromatic heterocycles. The molecule has 2 heterocycles. The normalized spacial score (nSPS) is 11.5. The number of rotatable bonds is 2. The van der Waals surface area contributed by atoms with Crippen molar-refractivity contribution < 1.29 is 5.11 Å². The van der Waals surface area contributed by atoms with Gasteiger partial charge in [-0.15, -0.1) is 0 Å². The number of hydrogen-bond acceptors (Lipinski definition) is 1. The van der Waals surface area contributed by atoms with Crippen LogP contribution < -0.4 is 0 Å². The van der Waals surface area contributed by atoms with Crippen LogP contribution in [0.4, 0.5) is 0 Å². The van der Waals surface area contributed by atoms with Crippen molar-refractivity contribution in [3.8, 4) is 5.75 Å². The van der Waals surface area contributed by atoms with Crippen molar-refractivity contribution in [2.45, 2.75) is 13.5 Å². The van der Waals surface area contributed by atoms with E-state index in [4.69, 9.17) is 0 Å². The minimum Gasteiger partial charge on any atom is -0.508 e. The van der Waals surface area contributed by atoms with E-state index in [0.29, 0.717) is 5.75 Å². The Bertz CT molecular complexity index is 946. The fraction of sp³-hybridized carbons (Fsp3) is 0.111. The standard InChI is InChI=1S/C18H16N2O/c1-12-2-4-17-16(8-12)14(10-19-17)11-20-7-6-13-9-15(21)3-5-18(13)20/h2-10,19,21H,11H2,1H3. The van der Waals surface area contributed by atoms with E-state index in [9.17, 15) is 5.11 Å². The first-order valence-electron chi connectivity index (χ1n) is 7.05. The van der Waals surface area contributed by atoms with E-state index in [1.165, 1.54) is 22.0 Å². The summed E-state index contributed by atoms with van der Waals surface area (Å²) in [5.74, 6) is 0.308. The average molecular weight is 276 g/mol. The highest BCUT2D eigenvalue weighted by Gasteiger charge is 2.07.